The number of amides is 2. The number of hydrogen-bond acceptors (Lipinski definition) is 4. The van der Waals surface area contributed by atoms with Gasteiger partial charge in [-0.25, -0.2) is 0 Å². The lowest BCUT2D eigenvalue weighted by molar-refractivity contribution is -0.115. The van der Waals surface area contributed by atoms with Crippen LogP contribution in [0.5, 0.6) is 0 Å². The predicted molar refractivity (Wildman–Crippen MR) is 73.7 cm³/mol. The van der Waals surface area contributed by atoms with Gasteiger partial charge in [0.05, 0.1) is 6.54 Å². The quantitative estimate of drug-likeness (QED) is 0.903. The minimum absolute atomic E-state index is 0.159. The Morgan fingerprint density at radius 1 is 1.30 bits per heavy atom. The molecule has 2 aromatic rings. The molecule has 0 atom stereocenters. The fourth-order valence-corrected chi connectivity index (χ4v) is 1.60. The largest absolute Gasteiger partial charge is 0.360 e. The zero-order valence-corrected chi connectivity index (χ0v) is 11.4. The molecule has 1 aromatic heterocycles. The normalized spacial score (nSPS) is 10.1. The molecule has 6 nitrogen and oxygen atoms in total. The van der Waals surface area contributed by atoms with E-state index in [0.717, 1.165) is 0 Å². The highest BCUT2D eigenvalue weighted by molar-refractivity contribution is 6.30. The van der Waals surface area contributed by atoms with Gasteiger partial charge >= 0.3 is 0 Å². The smallest absolute Gasteiger partial charge is 0.251 e. The van der Waals surface area contributed by atoms with E-state index in [1.54, 1.807) is 37.3 Å². The molecule has 1 heterocycles. The number of benzene rings is 1. The Kier molecular flexibility index (Phi) is 4.37. The molecule has 0 saturated carbocycles. The topological polar surface area (TPSA) is 84.2 Å². The Morgan fingerprint density at radius 2 is 2.00 bits per heavy atom. The Labute approximate surface area is 120 Å². The van der Waals surface area contributed by atoms with E-state index in [1.807, 2.05) is 0 Å². The molecule has 0 radical (unpaired) electrons. The predicted octanol–water partition coefficient (Wildman–Crippen LogP) is 2.00. The van der Waals surface area contributed by atoms with Gasteiger partial charge in [0.1, 0.15) is 5.76 Å². The number of carbonyl (C=O) groups is 2. The van der Waals surface area contributed by atoms with Gasteiger partial charge in [-0.1, -0.05) is 16.8 Å². The molecule has 0 bridgehead atoms. The number of carbonyl (C=O) groups excluding carboxylic acids is 2. The number of rotatable bonds is 4. The number of halogens is 1. The molecule has 20 heavy (non-hydrogen) atoms. The Morgan fingerprint density at radius 3 is 2.60 bits per heavy atom. The first-order valence-corrected chi connectivity index (χ1v) is 6.19. The van der Waals surface area contributed by atoms with E-state index in [9.17, 15) is 9.59 Å². The van der Waals surface area contributed by atoms with Gasteiger partial charge < -0.3 is 15.2 Å². The van der Waals surface area contributed by atoms with E-state index in [2.05, 4.69) is 15.8 Å². The van der Waals surface area contributed by atoms with Gasteiger partial charge in [-0.05, 0) is 31.2 Å². The molecule has 0 saturated heterocycles. The summed E-state index contributed by atoms with van der Waals surface area (Å²) >= 11 is 5.72. The lowest BCUT2D eigenvalue weighted by Crippen LogP contribution is -2.32. The highest BCUT2D eigenvalue weighted by Crippen LogP contribution is 2.09. The molecule has 0 aliphatic heterocycles. The van der Waals surface area contributed by atoms with Crippen LogP contribution in [0.25, 0.3) is 0 Å². The molecule has 0 aliphatic carbocycles. The van der Waals surface area contributed by atoms with Crippen LogP contribution in [0.3, 0.4) is 0 Å². The van der Waals surface area contributed by atoms with Crippen LogP contribution < -0.4 is 10.6 Å². The van der Waals surface area contributed by atoms with Crippen molar-refractivity contribution in [1.29, 1.82) is 0 Å². The minimum atomic E-state index is -0.388. The highest BCUT2D eigenvalue weighted by atomic mass is 35.5. The summed E-state index contributed by atoms with van der Waals surface area (Å²) in [6.45, 7) is 1.55. The number of aromatic nitrogens is 1. The van der Waals surface area contributed by atoms with Gasteiger partial charge in [-0.3, -0.25) is 9.59 Å². The zero-order chi connectivity index (χ0) is 14.5. The summed E-state index contributed by atoms with van der Waals surface area (Å²) in [6, 6.07) is 7.95. The van der Waals surface area contributed by atoms with E-state index in [1.165, 1.54) is 0 Å². The van der Waals surface area contributed by atoms with Crippen molar-refractivity contribution in [3.05, 3.63) is 46.7 Å². The zero-order valence-electron chi connectivity index (χ0n) is 10.6. The molecule has 7 heteroatoms. The van der Waals surface area contributed by atoms with Crippen molar-refractivity contribution < 1.29 is 14.1 Å². The van der Waals surface area contributed by atoms with Gasteiger partial charge in [0.15, 0.2) is 5.82 Å². The summed E-state index contributed by atoms with van der Waals surface area (Å²) in [6.07, 6.45) is 0. The monoisotopic (exact) mass is 293 g/mol. The average Bonchev–Trinajstić information content (AvgIpc) is 2.82. The minimum Gasteiger partial charge on any atom is -0.360 e. The van der Waals surface area contributed by atoms with Crippen molar-refractivity contribution in [3.8, 4) is 0 Å². The third-order valence-corrected chi connectivity index (χ3v) is 2.66. The van der Waals surface area contributed by atoms with Crippen LogP contribution in [-0.2, 0) is 4.79 Å². The SMILES string of the molecule is Cc1cc(NC(=O)CNC(=O)c2ccc(Cl)cc2)no1. The standard InChI is InChI=1S/C13H12ClN3O3/c1-8-6-11(17-20-8)16-12(18)7-15-13(19)9-2-4-10(14)5-3-9/h2-6H,7H2,1H3,(H,15,19)(H,16,17,18). The van der Waals surface area contributed by atoms with Crippen LogP contribution in [0, 0.1) is 6.92 Å². The maximum atomic E-state index is 11.7. The van der Waals surface area contributed by atoms with Gasteiger partial charge in [0, 0.05) is 16.7 Å². The molecule has 1 aromatic carbocycles. The third-order valence-electron chi connectivity index (χ3n) is 2.41. The maximum absolute atomic E-state index is 11.7. The first-order chi connectivity index (χ1) is 9.54. The van der Waals surface area contributed by atoms with Gasteiger partial charge in [0.2, 0.25) is 5.91 Å². The lowest BCUT2D eigenvalue weighted by atomic mass is 10.2. The van der Waals surface area contributed by atoms with Crippen molar-refractivity contribution in [2.45, 2.75) is 6.92 Å². The highest BCUT2D eigenvalue weighted by Gasteiger charge is 2.09. The fraction of sp³-hybridized carbons (Fsp3) is 0.154. The summed E-state index contributed by atoms with van der Waals surface area (Å²) in [5.41, 5.74) is 0.430. The second-order valence-corrected chi connectivity index (χ2v) is 4.50. The lowest BCUT2D eigenvalue weighted by Gasteiger charge is -2.05. The van der Waals surface area contributed by atoms with Gasteiger partial charge in [-0.15, -0.1) is 0 Å². The summed E-state index contributed by atoms with van der Waals surface area (Å²) < 4.78 is 4.81. The van der Waals surface area contributed by atoms with E-state index >= 15 is 0 Å². The summed E-state index contributed by atoms with van der Waals surface area (Å²) in [4.78, 5) is 23.3. The Hall–Kier alpha value is -2.34. The second kappa shape index (κ2) is 6.21. The molecule has 2 rings (SSSR count). The van der Waals surface area contributed by atoms with Crippen molar-refractivity contribution in [2.75, 3.05) is 11.9 Å². The van der Waals surface area contributed by atoms with Crippen LogP contribution in [0.15, 0.2) is 34.9 Å². The number of nitrogens with one attached hydrogen (secondary N) is 2. The maximum Gasteiger partial charge on any atom is 0.251 e. The van der Waals surface area contributed by atoms with E-state index in [-0.39, 0.29) is 18.4 Å². The molecule has 0 unspecified atom stereocenters. The van der Waals surface area contributed by atoms with Crippen LogP contribution in [-0.4, -0.2) is 23.5 Å². The molecule has 0 spiro atoms. The molecule has 0 aliphatic rings. The van der Waals surface area contributed by atoms with Crippen molar-refractivity contribution in [1.82, 2.24) is 10.5 Å². The second-order valence-electron chi connectivity index (χ2n) is 4.06. The van der Waals surface area contributed by atoms with Gasteiger partial charge in [-0.2, -0.15) is 0 Å². The van der Waals surface area contributed by atoms with Gasteiger partial charge in [0.25, 0.3) is 5.91 Å². The summed E-state index contributed by atoms with van der Waals surface area (Å²) in [5, 5.41) is 9.15. The van der Waals surface area contributed by atoms with Crippen LogP contribution in [0.2, 0.25) is 5.02 Å². The summed E-state index contributed by atoms with van der Waals surface area (Å²) in [7, 11) is 0. The van der Waals surface area contributed by atoms with Crippen LogP contribution in [0.4, 0.5) is 5.82 Å². The van der Waals surface area contributed by atoms with Crippen LogP contribution in [0.1, 0.15) is 16.1 Å². The van der Waals surface area contributed by atoms with Crippen LogP contribution >= 0.6 is 11.6 Å². The molecule has 2 amide bonds. The first kappa shape index (κ1) is 14.1. The number of anilines is 1. The van der Waals surface area contributed by atoms with E-state index < -0.39 is 0 Å². The fourth-order valence-electron chi connectivity index (χ4n) is 1.48. The Bertz CT molecular complexity index is 622. The van der Waals surface area contributed by atoms with E-state index in [0.29, 0.717) is 22.2 Å². The third kappa shape index (κ3) is 3.83. The molecular formula is C13H12ClN3O3. The van der Waals surface area contributed by atoms with E-state index in [4.69, 9.17) is 16.1 Å². The van der Waals surface area contributed by atoms with Crippen molar-refractivity contribution >= 4 is 29.2 Å². The number of nitrogens with zero attached hydrogens (tertiary/aromatic N) is 1. The van der Waals surface area contributed by atoms with Crippen molar-refractivity contribution in [3.63, 3.8) is 0 Å². The molecule has 2 N–H and O–H groups in total. The summed E-state index contributed by atoms with van der Waals surface area (Å²) in [5.74, 6) is 0.160. The molecular weight excluding hydrogens is 282 g/mol. The number of hydrogen-bond donors (Lipinski definition) is 2. The Balaban J connectivity index is 1.84. The molecule has 104 valence electrons. The van der Waals surface area contributed by atoms with Crippen molar-refractivity contribution in [2.24, 2.45) is 0 Å². The average molecular weight is 294 g/mol. The number of aryl methyl sites for hydroxylation is 1. The first-order valence-electron chi connectivity index (χ1n) is 5.81. The molecule has 0 fully saturated rings.